The highest BCUT2D eigenvalue weighted by molar-refractivity contribution is 5.81. The number of hydrogen-bond acceptors (Lipinski definition) is 2. The predicted molar refractivity (Wildman–Crippen MR) is 138 cm³/mol. The fourth-order valence-corrected chi connectivity index (χ4v) is 2.85. The van der Waals surface area contributed by atoms with Crippen molar-refractivity contribution < 1.29 is 4.74 Å². The number of rotatable bonds is 6. The molecule has 0 spiro atoms. The second-order valence-corrected chi connectivity index (χ2v) is 7.18. The molecule has 0 aliphatic heterocycles. The highest BCUT2D eigenvalue weighted by Gasteiger charge is 2.12. The zero-order valence-corrected chi connectivity index (χ0v) is 20.4. The number of nitrogens with one attached hydrogen (secondary N) is 1. The van der Waals surface area contributed by atoms with Gasteiger partial charge >= 0.3 is 0 Å². The fourth-order valence-electron chi connectivity index (χ4n) is 2.85. The number of aliphatic imine (C=N–C) groups is 1. The highest BCUT2D eigenvalue weighted by atomic mass is 16.5. The van der Waals surface area contributed by atoms with E-state index in [2.05, 4.69) is 74.4 Å². The minimum Gasteiger partial charge on any atom is -0.496 e. The molecule has 2 rings (SSSR count). The summed E-state index contributed by atoms with van der Waals surface area (Å²) >= 11 is 0. The van der Waals surface area contributed by atoms with Gasteiger partial charge in [-0.2, -0.15) is 0 Å². The topological polar surface area (TPSA) is 33.6 Å². The van der Waals surface area contributed by atoms with Crippen LogP contribution in [0.25, 0.3) is 5.57 Å². The SMILES string of the molecule is C#C.C/C=C\C.CCC(C)N=C(C)N/C=C(\C)C1=CCCC(c2ccccc2OC)=C1. The summed E-state index contributed by atoms with van der Waals surface area (Å²) in [5, 5.41) is 3.32. The molecule has 0 amide bonds. The molecule has 3 nitrogen and oxygen atoms in total. The first-order chi connectivity index (χ1) is 15.0. The summed E-state index contributed by atoms with van der Waals surface area (Å²) in [6.07, 6.45) is 21.8. The van der Waals surface area contributed by atoms with Crippen molar-refractivity contribution in [3.8, 4) is 18.6 Å². The maximum atomic E-state index is 5.52. The van der Waals surface area contributed by atoms with E-state index in [0.29, 0.717) is 6.04 Å². The Bertz CT molecular complexity index is 818. The summed E-state index contributed by atoms with van der Waals surface area (Å²) in [5.41, 5.74) is 4.99. The number of benzene rings is 1. The second-order valence-electron chi connectivity index (χ2n) is 7.18. The standard InChI is InChI=1S/C22H30N2O.C4H8.C2H2/c1-6-17(3)24-18(4)23-15-16(2)19-10-9-11-20(14-19)21-12-7-8-13-22(21)25-5;1-3-4-2;1-2/h7-8,10,12-15,17H,6,9,11H2,1-5H3,(H,23,24);3-4H,1-2H3;1-2H/b16-15+;4-3-;. The first-order valence-corrected chi connectivity index (χ1v) is 10.9. The predicted octanol–water partition coefficient (Wildman–Crippen LogP) is 7.34. The molecular weight excluding hydrogens is 380 g/mol. The van der Waals surface area contributed by atoms with Gasteiger partial charge in [0.2, 0.25) is 0 Å². The lowest BCUT2D eigenvalue weighted by Gasteiger charge is -2.17. The minimum absolute atomic E-state index is 0.354. The molecule has 1 aliphatic rings. The van der Waals surface area contributed by atoms with Gasteiger partial charge in [0, 0.05) is 17.8 Å². The molecule has 0 heterocycles. The van der Waals surface area contributed by atoms with Gasteiger partial charge in [-0.05, 0) is 76.7 Å². The summed E-state index contributed by atoms with van der Waals surface area (Å²) in [4.78, 5) is 4.61. The Kier molecular flexibility index (Phi) is 15.2. The number of amidine groups is 1. The third kappa shape index (κ3) is 10.6. The number of terminal acetylenes is 1. The van der Waals surface area contributed by atoms with Crippen molar-refractivity contribution in [1.82, 2.24) is 5.32 Å². The van der Waals surface area contributed by atoms with Gasteiger partial charge in [0.1, 0.15) is 5.75 Å². The molecule has 1 N–H and O–H groups in total. The molecule has 1 aliphatic carbocycles. The lowest BCUT2D eigenvalue weighted by atomic mass is 9.91. The summed E-state index contributed by atoms with van der Waals surface area (Å²) in [7, 11) is 1.73. The van der Waals surface area contributed by atoms with Crippen LogP contribution in [0.15, 0.2) is 70.9 Å². The van der Waals surface area contributed by atoms with Gasteiger partial charge in [-0.15, -0.1) is 12.8 Å². The molecule has 0 aromatic heterocycles. The van der Waals surface area contributed by atoms with E-state index >= 15 is 0 Å². The lowest BCUT2D eigenvalue weighted by molar-refractivity contribution is 0.413. The molecule has 1 unspecified atom stereocenters. The molecule has 0 saturated carbocycles. The molecule has 0 saturated heterocycles. The molecular formula is C28H40N2O. The smallest absolute Gasteiger partial charge is 0.126 e. The minimum atomic E-state index is 0.354. The van der Waals surface area contributed by atoms with E-state index in [1.165, 1.54) is 22.3 Å². The van der Waals surface area contributed by atoms with E-state index in [-0.39, 0.29) is 0 Å². The van der Waals surface area contributed by atoms with Gasteiger partial charge < -0.3 is 10.1 Å². The molecule has 31 heavy (non-hydrogen) atoms. The average Bonchev–Trinajstić information content (AvgIpc) is 2.83. The van der Waals surface area contributed by atoms with Crippen LogP contribution in [0.5, 0.6) is 5.75 Å². The van der Waals surface area contributed by atoms with Crippen LogP contribution in [0, 0.1) is 12.8 Å². The molecule has 1 aromatic rings. The molecule has 0 fully saturated rings. The monoisotopic (exact) mass is 420 g/mol. The van der Waals surface area contributed by atoms with Crippen molar-refractivity contribution in [2.75, 3.05) is 7.11 Å². The molecule has 1 atom stereocenters. The number of nitrogens with zero attached hydrogens (tertiary/aromatic N) is 1. The maximum Gasteiger partial charge on any atom is 0.126 e. The van der Waals surface area contributed by atoms with Gasteiger partial charge in [-0.1, -0.05) is 49.4 Å². The largest absolute Gasteiger partial charge is 0.496 e. The van der Waals surface area contributed by atoms with Crippen LogP contribution in [0.2, 0.25) is 0 Å². The third-order valence-corrected chi connectivity index (χ3v) is 4.85. The highest BCUT2D eigenvalue weighted by Crippen LogP contribution is 2.33. The quantitative estimate of drug-likeness (QED) is 0.226. The van der Waals surface area contributed by atoms with E-state index in [4.69, 9.17) is 4.74 Å². The van der Waals surface area contributed by atoms with Gasteiger partial charge in [0.05, 0.1) is 12.9 Å². The number of hydrogen-bond donors (Lipinski definition) is 1. The molecule has 0 radical (unpaired) electrons. The maximum absolute atomic E-state index is 5.52. The van der Waals surface area contributed by atoms with Gasteiger partial charge in [-0.25, -0.2) is 0 Å². The Labute approximate surface area is 190 Å². The van der Waals surface area contributed by atoms with E-state index in [9.17, 15) is 0 Å². The normalized spacial score (nSPS) is 14.9. The first kappa shape index (κ1) is 28.0. The van der Waals surface area contributed by atoms with Crippen LogP contribution in [0.1, 0.15) is 66.4 Å². The zero-order chi connectivity index (χ0) is 23.6. The van der Waals surface area contributed by atoms with Crippen LogP contribution in [-0.4, -0.2) is 19.0 Å². The third-order valence-electron chi connectivity index (χ3n) is 4.85. The Hall–Kier alpha value is -2.99. The number of para-hydroxylation sites is 1. The Morgan fingerprint density at radius 3 is 2.42 bits per heavy atom. The van der Waals surface area contributed by atoms with Gasteiger partial charge in [0.25, 0.3) is 0 Å². The van der Waals surface area contributed by atoms with Crippen molar-refractivity contribution in [1.29, 1.82) is 0 Å². The van der Waals surface area contributed by atoms with Crippen molar-refractivity contribution in [3.63, 3.8) is 0 Å². The van der Waals surface area contributed by atoms with Crippen LogP contribution in [-0.2, 0) is 0 Å². The Morgan fingerprint density at radius 2 is 1.84 bits per heavy atom. The molecule has 3 heteroatoms. The van der Waals surface area contributed by atoms with Crippen LogP contribution in [0.4, 0.5) is 0 Å². The Morgan fingerprint density at radius 1 is 1.19 bits per heavy atom. The lowest BCUT2D eigenvalue weighted by Crippen LogP contribution is -2.16. The van der Waals surface area contributed by atoms with Crippen LogP contribution in [0.3, 0.4) is 0 Å². The summed E-state index contributed by atoms with van der Waals surface area (Å²) in [6.45, 7) is 12.4. The second kappa shape index (κ2) is 16.8. The summed E-state index contributed by atoms with van der Waals surface area (Å²) in [6, 6.07) is 8.58. The molecule has 1 aromatic carbocycles. The van der Waals surface area contributed by atoms with Crippen molar-refractivity contribution in [2.45, 2.75) is 66.8 Å². The van der Waals surface area contributed by atoms with E-state index in [1.807, 2.05) is 45.1 Å². The van der Waals surface area contributed by atoms with Crippen molar-refractivity contribution in [3.05, 3.63) is 71.5 Å². The average molecular weight is 421 g/mol. The van der Waals surface area contributed by atoms with Crippen molar-refractivity contribution >= 4 is 11.4 Å². The van der Waals surface area contributed by atoms with Crippen LogP contribution >= 0.6 is 0 Å². The molecule has 168 valence electrons. The number of ether oxygens (including phenoxy) is 1. The molecule has 0 bridgehead atoms. The van der Waals surface area contributed by atoms with E-state index in [0.717, 1.165) is 30.8 Å². The fraction of sp³-hybridized carbons (Fsp3) is 0.393. The van der Waals surface area contributed by atoms with E-state index < -0.39 is 0 Å². The Balaban J connectivity index is 0.00000134. The number of allylic oxidation sites excluding steroid dienone is 7. The summed E-state index contributed by atoms with van der Waals surface area (Å²) < 4.78 is 5.52. The van der Waals surface area contributed by atoms with Gasteiger partial charge in [-0.3, -0.25) is 4.99 Å². The number of methoxy groups -OCH3 is 1. The van der Waals surface area contributed by atoms with Gasteiger partial charge in [0.15, 0.2) is 0 Å². The zero-order valence-electron chi connectivity index (χ0n) is 20.4. The first-order valence-electron chi connectivity index (χ1n) is 10.9. The van der Waals surface area contributed by atoms with E-state index in [1.54, 1.807) is 7.11 Å². The summed E-state index contributed by atoms with van der Waals surface area (Å²) in [5.74, 6) is 1.89. The van der Waals surface area contributed by atoms with Crippen molar-refractivity contribution in [2.24, 2.45) is 4.99 Å². The van der Waals surface area contributed by atoms with Crippen LogP contribution < -0.4 is 10.1 Å².